The van der Waals surface area contributed by atoms with Gasteiger partial charge in [0.25, 0.3) is 5.91 Å². The van der Waals surface area contributed by atoms with Gasteiger partial charge >= 0.3 is 6.18 Å². The van der Waals surface area contributed by atoms with Crippen molar-refractivity contribution in [3.63, 3.8) is 0 Å². The summed E-state index contributed by atoms with van der Waals surface area (Å²) in [5, 5.41) is 6.33. The fraction of sp³-hybridized carbons (Fsp3) is 0.263. The lowest BCUT2D eigenvalue weighted by molar-refractivity contribution is -0.137. The lowest BCUT2D eigenvalue weighted by Gasteiger charge is -2.13. The summed E-state index contributed by atoms with van der Waals surface area (Å²) in [6.07, 6.45) is -4.45. The van der Waals surface area contributed by atoms with E-state index in [1.54, 1.807) is 31.2 Å². The smallest absolute Gasteiger partial charge is 0.416 e. The van der Waals surface area contributed by atoms with Crippen molar-refractivity contribution in [1.82, 2.24) is 5.32 Å². The first-order chi connectivity index (χ1) is 12.9. The van der Waals surface area contributed by atoms with Gasteiger partial charge in [-0.2, -0.15) is 13.2 Å². The number of nitrogens with zero attached hydrogens (tertiary/aromatic N) is 1. The van der Waals surface area contributed by atoms with E-state index in [1.165, 1.54) is 19.2 Å². The minimum atomic E-state index is -4.45. The van der Waals surface area contributed by atoms with Crippen molar-refractivity contribution < 1.29 is 27.5 Å². The summed E-state index contributed by atoms with van der Waals surface area (Å²) in [5.41, 5.74) is 0.314. The third-order valence-corrected chi connectivity index (χ3v) is 3.56. The number of oxime groups is 1. The van der Waals surface area contributed by atoms with Crippen molar-refractivity contribution in [3.05, 3.63) is 65.2 Å². The van der Waals surface area contributed by atoms with Gasteiger partial charge in [0.15, 0.2) is 5.71 Å². The van der Waals surface area contributed by atoms with Crippen molar-refractivity contribution in [1.29, 1.82) is 0 Å². The lowest BCUT2D eigenvalue weighted by Crippen LogP contribution is -2.29. The van der Waals surface area contributed by atoms with Crippen molar-refractivity contribution >= 4 is 11.6 Å². The molecule has 2 aromatic carbocycles. The lowest BCUT2D eigenvalue weighted by atomic mass is 10.0. The minimum absolute atomic E-state index is 0.0420. The molecule has 0 aliphatic rings. The Morgan fingerprint density at radius 1 is 1.15 bits per heavy atom. The molecule has 0 saturated heterocycles. The van der Waals surface area contributed by atoms with E-state index in [9.17, 15) is 18.0 Å². The van der Waals surface area contributed by atoms with Crippen LogP contribution in [-0.2, 0) is 22.4 Å². The number of carbonyl (C=O) groups excluding carboxylic acids is 1. The molecule has 0 radical (unpaired) electrons. The number of rotatable bonds is 7. The first kappa shape index (κ1) is 20.3. The van der Waals surface area contributed by atoms with Gasteiger partial charge in [0.05, 0.1) is 5.56 Å². The Bertz CT molecular complexity index is 820. The molecule has 0 saturated carbocycles. The molecule has 1 N–H and O–H groups in total. The van der Waals surface area contributed by atoms with Crippen LogP contribution < -0.4 is 10.1 Å². The van der Waals surface area contributed by atoms with Crippen LogP contribution in [0, 0.1) is 0 Å². The van der Waals surface area contributed by atoms with Crippen LogP contribution in [0.3, 0.4) is 0 Å². The molecule has 144 valence electrons. The zero-order chi connectivity index (χ0) is 19.9. The Hall–Kier alpha value is -3.03. The van der Waals surface area contributed by atoms with Gasteiger partial charge in [0.2, 0.25) is 0 Å². The Kier molecular flexibility index (Phi) is 6.81. The quantitative estimate of drug-likeness (QED) is 0.588. The van der Waals surface area contributed by atoms with Crippen LogP contribution in [0.2, 0.25) is 0 Å². The molecular formula is C19H19F3N2O3. The Labute approximate surface area is 154 Å². The summed E-state index contributed by atoms with van der Waals surface area (Å²) in [6.45, 7) is 1.97. The molecule has 2 rings (SSSR count). The maximum absolute atomic E-state index is 12.8. The number of halogens is 3. The van der Waals surface area contributed by atoms with E-state index in [0.29, 0.717) is 11.1 Å². The molecular weight excluding hydrogens is 361 g/mol. The summed E-state index contributed by atoms with van der Waals surface area (Å²) in [6, 6.07) is 11.4. The molecule has 27 heavy (non-hydrogen) atoms. The van der Waals surface area contributed by atoms with Crippen molar-refractivity contribution in [2.24, 2.45) is 5.16 Å². The van der Waals surface area contributed by atoms with E-state index in [4.69, 9.17) is 9.57 Å². The molecule has 0 heterocycles. The molecule has 5 nitrogen and oxygen atoms in total. The van der Waals surface area contributed by atoms with E-state index in [0.717, 1.165) is 12.1 Å². The number of alkyl halides is 3. The van der Waals surface area contributed by atoms with Crippen LogP contribution in [0.1, 0.15) is 23.6 Å². The van der Waals surface area contributed by atoms with Gasteiger partial charge in [-0.1, -0.05) is 35.5 Å². The number of ether oxygens (including phenoxy) is 1. The molecule has 1 amide bonds. The zero-order valence-corrected chi connectivity index (χ0v) is 14.8. The second-order valence-electron chi connectivity index (χ2n) is 5.41. The average Bonchev–Trinajstić information content (AvgIpc) is 2.66. The molecule has 0 aliphatic heterocycles. The summed E-state index contributed by atoms with van der Waals surface area (Å²) in [7, 11) is 1.46. The monoisotopic (exact) mass is 380 g/mol. The molecule has 0 fully saturated rings. The summed E-state index contributed by atoms with van der Waals surface area (Å²) in [4.78, 5) is 17.1. The number of carbonyl (C=O) groups is 1. The van der Waals surface area contributed by atoms with E-state index >= 15 is 0 Å². The van der Waals surface area contributed by atoms with Gasteiger partial charge in [-0.05, 0) is 30.7 Å². The third kappa shape index (κ3) is 5.47. The van der Waals surface area contributed by atoms with Crippen LogP contribution in [0.4, 0.5) is 13.2 Å². The Morgan fingerprint density at radius 3 is 2.56 bits per heavy atom. The molecule has 0 aliphatic carbocycles. The summed E-state index contributed by atoms with van der Waals surface area (Å²) >= 11 is 0. The first-order valence-corrected chi connectivity index (χ1v) is 8.17. The van der Waals surface area contributed by atoms with Gasteiger partial charge in [-0.3, -0.25) is 4.79 Å². The standard InChI is InChI=1S/C19H19F3N2O3/c1-3-27-24-17(18(25)23-2)16-10-5-4-7-13(16)12-26-15-9-6-8-14(11-15)19(20,21)22/h4-11H,3,12H2,1-2H3,(H,23,25)/b24-17-. The topological polar surface area (TPSA) is 59.9 Å². The number of likely N-dealkylation sites (N-methyl/N-ethyl adjacent to an activating group) is 1. The highest BCUT2D eigenvalue weighted by Gasteiger charge is 2.30. The van der Waals surface area contributed by atoms with Crippen molar-refractivity contribution in [3.8, 4) is 5.75 Å². The van der Waals surface area contributed by atoms with E-state index in [1.807, 2.05) is 0 Å². The maximum atomic E-state index is 12.8. The summed E-state index contributed by atoms with van der Waals surface area (Å²) < 4.78 is 44.0. The van der Waals surface area contributed by atoms with Gasteiger partial charge in [0, 0.05) is 12.6 Å². The number of hydrogen-bond acceptors (Lipinski definition) is 4. The highest BCUT2D eigenvalue weighted by Crippen LogP contribution is 2.31. The first-order valence-electron chi connectivity index (χ1n) is 8.17. The van der Waals surface area contributed by atoms with Crippen LogP contribution in [-0.4, -0.2) is 25.3 Å². The molecule has 0 aromatic heterocycles. The zero-order valence-electron chi connectivity index (χ0n) is 14.8. The molecule has 0 unspecified atom stereocenters. The van der Waals surface area contributed by atoms with Crippen molar-refractivity contribution in [2.45, 2.75) is 19.7 Å². The van der Waals surface area contributed by atoms with Gasteiger partial charge in [-0.15, -0.1) is 0 Å². The second kappa shape index (κ2) is 9.07. The molecule has 8 heteroatoms. The average molecular weight is 380 g/mol. The van der Waals surface area contributed by atoms with Gasteiger partial charge < -0.3 is 14.9 Å². The normalized spacial score (nSPS) is 11.8. The van der Waals surface area contributed by atoms with E-state index < -0.39 is 17.6 Å². The van der Waals surface area contributed by atoms with E-state index in [-0.39, 0.29) is 24.7 Å². The largest absolute Gasteiger partial charge is 0.489 e. The number of nitrogens with one attached hydrogen (secondary N) is 1. The highest BCUT2D eigenvalue weighted by atomic mass is 19.4. The molecule has 2 aromatic rings. The van der Waals surface area contributed by atoms with Crippen LogP contribution >= 0.6 is 0 Å². The Balaban J connectivity index is 2.27. The van der Waals surface area contributed by atoms with Crippen molar-refractivity contribution in [2.75, 3.05) is 13.7 Å². The Morgan fingerprint density at radius 2 is 1.89 bits per heavy atom. The van der Waals surface area contributed by atoms with Gasteiger partial charge in [0.1, 0.15) is 19.0 Å². The van der Waals surface area contributed by atoms with Crippen LogP contribution in [0.15, 0.2) is 53.7 Å². The van der Waals surface area contributed by atoms with E-state index in [2.05, 4.69) is 10.5 Å². The molecule has 0 spiro atoms. The fourth-order valence-corrected chi connectivity index (χ4v) is 2.26. The fourth-order valence-electron chi connectivity index (χ4n) is 2.26. The number of amides is 1. The second-order valence-corrected chi connectivity index (χ2v) is 5.41. The van der Waals surface area contributed by atoms with Crippen LogP contribution in [0.25, 0.3) is 0 Å². The highest BCUT2D eigenvalue weighted by molar-refractivity contribution is 6.45. The SMILES string of the molecule is CCO/N=C(\C(=O)NC)c1ccccc1COc1cccc(C(F)(F)F)c1. The number of hydrogen-bond donors (Lipinski definition) is 1. The third-order valence-electron chi connectivity index (χ3n) is 3.56. The number of benzene rings is 2. The predicted octanol–water partition coefficient (Wildman–Crippen LogP) is 3.77. The maximum Gasteiger partial charge on any atom is 0.416 e. The molecule has 0 atom stereocenters. The minimum Gasteiger partial charge on any atom is -0.489 e. The summed E-state index contributed by atoms with van der Waals surface area (Å²) in [5.74, 6) is -0.377. The molecule has 0 bridgehead atoms. The van der Waals surface area contributed by atoms with Gasteiger partial charge in [-0.25, -0.2) is 0 Å². The predicted molar refractivity (Wildman–Crippen MR) is 94.4 cm³/mol. The van der Waals surface area contributed by atoms with Crippen LogP contribution in [0.5, 0.6) is 5.75 Å².